The number of ether oxygens (including phenoxy) is 2. The van der Waals surface area contributed by atoms with E-state index in [1.54, 1.807) is 0 Å². The summed E-state index contributed by atoms with van der Waals surface area (Å²) in [5.41, 5.74) is 0. The molecule has 0 amide bonds. The summed E-state index contributed by atoms with van der Waals surface area (Å²) in [6, 6.07) is 0. The van der Waals surface area contributed by atoms with Gasteiger partial charge in [0.25, 0.3) is 0 Å². The number of carboxylic acids is 2. The lowest BCUT2D eigenvalue weighted by atomic mass is 10.7. The minimum atomic E-state index is -1.14. The van der Waals surface area contributed by atoms with E-state index in [0.29, 0.717) is 0 Å². The number of esters is 2. The molecule has 0 saturated carbocycles. The molecule has 0 fully saturated rings. The quantitative estimate of drug-likeness (QED) is 0.570. The lowest BCUT2D eigenvalue weighted by Crippen LogP contribution is -2.09. The second-order valence-electron chi connectivity index (χ2n) is 2.35. The standard InChI is InChI=1S/2C4H6O4.H2O/c2*1-3(5)8-2-4(6)7;/h2*2H2,1H3,(H,6,7);1H2. The Kier molecular flexibility index (Phi) is 14.2. The topological polar surface area (TPSA) is 159 Å². The van der Waals surface area contributed by atoms with Gasteiger partial charge in [0.1, 0.15) is 0 Å². The lowest BCUT2D eigenvalue weighted by Gasteiger charge is -1.92. The maximum absolute atomic E-state index is 9.86. The first-order valence-corrected chi connectivity index (χ1v) is 3.96. The molecule has 0 radical (unpaired) electrons. The van der Waals surface area contributed by atoms with E-state index in [0.717, 1.165) is 13.8 Å². The zero-order chi connectivity index (χ0) is 13.1. The molecule has 0 heterocycles. The number of carbonyl (C=O) groups is 4. The summed E-state index contributed by atoms with van der Waals surface area (Å²) in [5, 5.41) is 15.8. The van der Waals surface area contributed by atoms with Crippen LogP contribution in [0.1, 0.15) is 13.8 Å². The van der Waals surface area contributed by atoms with E-state index in [4.69, 9.17) is 10.2 Å². The van der Waals surface area contributed by atoms with E-state index in [2.05, 4.69) is 9.47 Å². The Morgan fingerprint density at radius 1 is 0.824 bits per heavy atom. The van der Waals surface area contributed by atoms with Gasteiger partial charge in [-0.25, -0.2) is 9.59 Å². The van der Waals surface area contributed by atoms with Gasteiger partial charge < -0.3 is 25.2 Å². The van der Waals surface area contributed by atoms with Gasteiger partial charge in [-0.1, -0.05) is 0 Å². The minimum absolute atomic E-state index is 0. The summed E-state index contributed by atoms with van der Waals surface area (Å²) in [4.78, 5) is 39.0. The number of carbonyl (C=O) groups excluding carboxylic acids is 2. The second-order valence-corrected chi connectivity index (χ2v) is 2.35. The van der Waals surface area contributed by atoms with E-state index >= 15 is 0 Å². The first-order chi connectivity index (χ1) is 7.25. The Labute approximate surface area is 96.2 Å². The molecule has 0 aliphatic rings. The van der Waals surface area contributed by atoms with Gasteiger partial charge >= 0.3 is 23.9 Å². The average Bonchev–Trinajstić information content (AvgIpc) is 2.12. The van der Waals surface area contributed by atoms with Gasteiger partial charge in [-0.2, -0.15) is 0 Å². The van der Waals surface area contributed by atoms with Crippen LogP contribution in [0.5, 0.6) is 0 Å². The molecule has 0 bridgehead atoms. The van der Waals surface area contributed by atoms with Crippen LogP contribution >= 0.6 is 0 Å². The molecule has 4 N–H and O–H groups in total. The molecule has 0 aliphatic heterocycles. The Morgan fingerprint density at radius 3 is 1.12 bits per heavy atom. The van der Waals surface area contributed by atoms with Crippen LogP contribution in [0.3, 0.4) is 0 Å². The maximum Gasteiger partial charge on any atom is 0.341 e. The molecule has 9 nitrogen and oxygen atoms in total. The van der Waals surface area contributed by atoms with Crippen molar-refractivity contribution in [2.75, 3.05) is 13.2 Å². The van der Waals surface area contributed by atoms with E-state index in [1.165, 1.54) is 0 Å². The summed E-state index contributed by atoms with van der Waals surface area (Å²) in [6.07, 6.45) is 0. The van der Waals surface area contributed by atoms with Crippen LogP contribution in [-0.4, -0.2) is 52.8 Å². The smallest absolute Gasteiger partial charge is 0.341 e. The fourth-order valence-electron chi connectivity index (χ4n) is 0.327. The first kappa shape index (κ1) is 20.3. The average molecular weight is 254 g/mol. The van der Waals surface area contributed by atoms with Crippen LogP contribution in [0.25, 0.3) is 0 Å². The first-order valence-electron chi connectivity index (χ1n) is 3.96. The summed E-state index contributed by atoms with van der Waals surface area (Å²) >= 11 is 0. The van der Waals surface area contributed by atoms with Crippen molar-refractivity contribution in [2.24, 2.45) is 0 Å². The van der Waals surface area contributed by atoms with Crippen LogP contribution in [0.15, 0.2) is 0 Å². The predicted molar refractivity (Wildman–Crippen MR) is 52.2 cm³/mol. The van der Waals surface area contributed by atoms with Gasteiger partial charge in [-0.15, -0.1) is 0 Å². The van der Waals surface area contributed by atoms with Crippen LogP contribution < -0.4 is 0 Å². The highest BCUT2D eigenvalue weighted by atomic mass is 16.6. The van der Waals surface area contributed by atoms with E-state index in [9.17, 15) is 19.2 Å². The van der Waals surface area contributed by atoms with Crippen molar-refractivity contribution in [1.29, 1.82) is 0 Å². The lowest BCUT2D eigenvalue weighted by molar-refractivity contribution is -0.153. The fraction of sp³-hybridized carbons (Fsp3) is 0.500. The molecule has 0 spiro atoms. The van der Waals surface area contributed by atoms with Gasteiger partial charge in [0, 0.05) is 13.8 Å². The van der Waals surface area contributed by atoms with Crippen molar-refractivity contribution in [3.63, 3.8) is 0 Å². The molecule has 0 saturated heterocycles. The predicted octanol–water partition coefficient (Wildman–Crippen LogP) is -1.56. The van der Waals surface area contributed by atoms with Gasteiger partial charge in [0.05, 0.1) is 0 Å². The van der Waals surface area contributed by atoms with Gasteiger partial charge in [-0.05, 0) is 0 Å². The highest BCUT2D eigenvalue weighted by molar-refractivity contribution is 5.74. The molecule has 100 valence electrons. The van der Waals surface area contributed by atoms with E-state index in [-0.39, 0.29) is 5.48 Å². The number of hydrogen-bond acceptors (Lipinski definition) is 6. The van der Waals surface area contributed by atoms with Gasteiger partial charge in [-0.3, -0.25) is 9.59 Å². The van der Waals surface area contributed by atoms with Crippen LogP contribution in [0.2, 0.25) is 0 Å². The Hall–Kier alpha value is -2.16. The van der Waals surface area contributed by atoms with E-state index < -0.39 is 37.1 Å². The van der Waals surface area contributed by atoms with Crippen LogP contribution in [-0.2, 0) is 28.7 Å². The third-order valence-electron chi connectivity index (χ3n) is 0.798. The number of hydrogen-bond donors (Lipinski definition) is 2. The largest absolute Gasteiger partial charge is 0.479 e. The molecule has 9 heteroatoms. The summed E-state index contributed by atoms with van der Waals surface area (Å²) < 4.78 is 8.13. The highest BCUT2D eigenvalue weighted by Gasteiger charge is 1.97. The summed E-state index contributed by atoms with van der Waals surface area (Å²) in [5.74, 6) is -3.43. The summed E-state index contributed by atoms with van der Waals surface area (Å²) in [6.45, 7) is 1.22. The zero-order valence-electron chi connectivity index (χ0n) is 9.26. The molecule has 0 unspecified atom stereocenters. The molecule has 0 atom stereocenters. The number of carboxylic acid groups (broad SMARTS) is 2. The summed E-state index contributed by atoms with van der Waals surface area (Å²) in [7, 11) is 0. The fourth-order valence-corrected chi connectivity index (χ4v) is 0.327. The SMILES string of the molecule is CC(=O)OCC(=O)O.CC(=O)OCC(=O)O.O. The molecule has 0 aliphatic carbocycles. The maximum atomic E-state index is 9.86. The molecule has 0 aromatic rings. The minimum Gasteiger partial charge on any atom is -0.479 e. The Bertz CT molecular complexity index is 214. The van der Waals surface area contributed by atoms with Crippen molar-refractivity contribution in [1.82, 2.24) is 0 Å². The van der Waals surface area contributed by atoms with Gasteiger partial charge in [0.15, 0.2) is 13.2 Å². The van der Waals surface area contributed by atoms with E-state index in [1.807, 2.05) is 0 Å². The molecule has 0 rings (SSSR count). The molecular formula is C8H14O9. The zero-order valence-corrected chi connectivity index (χ0v) is 9.26. The Balaban J connectivity index is -0.000000218. The molecular weight excluding hydrogens is 240 g/mol. The third-order valence-corrected chi connectivity index (χ3v) is 0.798. The molecule has 0 aromatic heterocycles. The van der Waals surface area contributed by atoms with Gasteiger partial charge in [0.2, 0.25) is 0 Å². The second kappa shape index (κ2) is 11.9. The van der Waals surface area contributed by atoms with Crippen molar-refractivity contribution in [2.45, 2.75) is 13.8 Å². The third kappa shape index (κ3) is 31.6. The van der Waals surface area contributed by atoms with Crippen LogP contribution in [0.4, 0.5) is 0 Å². The normalized spacial score (nSPS) is 7.65. The highest BCUT2D eigenvalue weighted by Crippen LogP contribution is 1.74. The molecule has 0 aromatic carbocycles. The van der Waals surface area contributed by atoms with Crippen LogP contribution in [0, 0.1) is 0 Å². The number of rotatable bonds is 4. The van der Waals surface area contributed by atoms with Crippen molar-refractivity contribution in [3.05, 3.63) is 0 Å². The van der Waals surface area contributed by atoms with Crippen molar-refractivity contribution >= 4 is 23.9 Å². The number of aliphatic carboxylic acids is 2. The monoisotopic (exact) mass is 254 g/mol. The van der Waals surface area contributed by atoms with Crippen molar-refractivity contribution < 1.29 is 44.3 Å². The van der Waals surface area contributed by atoms with Crippen molar-refractivity contribution in [3.8, 4) is 0 Å². The Morgan fingerprint density at radius 2 is 1.06 bits per heavy atom. The molecule has 17 heavy (non-hydrogen) atoms.